The second-order valence-electron chi connectivity index (χ2n) is 4.41. The van der Waals surface area contributed by atoms with Gasteiger partial charge in [0.05, 0.1) is 5.69 Å². The van der Waals surface area contributed by atoms with E-state index in [1.54, 1.807) is 0 Å². The summed E-state index contributed by atoms with van der Waals surface area (Å²) < 4.78 is 0. The number of hydrogen-bond donors (Lipinski definition) is 1. The molecule has 0 unspecified atom stereocenters. The summed E-state index contributed by atoms with van der Waals surface area (Å²) in [5.41, 5.74) is 1.89. The van der Waals surface area contributed by atoms with Crippen molar-refractivity contribution in [3.63, 3.8) is 0 Å². The van der Waals surface area contributed by atoms with E-state index in [1.165, 1.54) is 12.8 Å². The predicted molar refractivity (Wildman–Crippen MR) is 80.5 cm³/mol. The zero-order valence-corrected chi connectivity index (χ0v) is 11.8. The monoisotopic (exact) mass is 275 g/mol. The molecule has 0 saturated carbocycles. The Kier molecular flexibility index (Phi) is 5.16. The van der Waals surface area contributed by atoms with Crippen molar-refractivity contribution in [1.82, 2.24) is 9.97 Å². The average Bonchev–Trinajstić information content (AvgIpc) is 2.44. The van der Waals surface area contributed by atoms with Crippen LogP contribution in [0.4, 0.5) is 5.82 Å². The molecule has 0 spiro atoms. The van der Waals surface area contributed by atoms with Gasteiger partial charge >= 0.3 is 0 Å². The third-order valence-electron chi connectivity index (χ3n) is 2.85. The van der Waals surface area contributed by atoms with Crippen molar-refractivity contribution in [1.29, 1.82) is 0 Å². The lowest BCUT2D eigenvalue weighted by Gasteiger charge is -2.07. The number of rotatable bonds is 6. The fourth-order valence-corrected chi connectivity index (χ4v) is 2.04. The quantitative estimate of drug-likeness (QED) is 0.627. The molecule has 1 heterocycles. The van der Waals surface area contributed by atoms with Crippen LogP contribution in [0.2, 0.25) is 5.28 Å². The number of unbranched alkanes of at least 4 members (excludes halogenated alkanes) is 2. The zero-order chi connectivity index (χ0) is 13.5. The Morgan fingerprint density at radius 3 is 2.63 bits per heavy atom. The molecular weight excluding hydrogens is 258 g/mol. The van der Waals surface area contributed by atoms with Gasteiger partial charge in [0.1, 0.15) is 5.82 Å². The Morgan fingerprint density at radius 1 is 1.11 bits per heavy atom. The van der Waals surface area contributed by atoms with Crippen LogP contribution in [0.25, 0.3) is 11.3 Å². The van der Waals surface area contributed by atoms with Crippen molar-refractivity contribution in [2.75, 3.05) is 11.9 Å². The zero-order valence-electron chi connectivity index (χ0n) is 11.1. The number of halogens is 1. The first kappa shape index (κ1) is 13.8. The number of benzene rings is 1. The second kappa shape index (κ2) is 7.10. The van der Waals surface area contributed by atoms with E-state index in [2.05, 4.69) is 22.2 Å². The van der Waals surface area contributed by atoms with Crippen LogP contribution in [-0.2, 0) is 0 Å². The van der Waals surface area contributed by atoms with Gasteiger partial charge in [-0.15, -0.1) is 0 Å². The minimum absolute atomic E-state index is 0.277. The number of hydrogen-bond acceptors (Lipinski definition) is 3. The first-order valence-electron chi connectivity index (χ1n) is 6.63. The smallest absolute Gasteiger partial charge is 0.224 e. The Balaban J connectivity index is 2.11. The molecule has 0 atom stereocenters. The predicted octanol–water partition coefficient (Wildman–Crippen LogP) is 4.40. The molecule has 3 nitrogen and oxygen atoms in total. The van der Waals surface area contributed by atoms with Crippen molar-refractivity contribution >= 4 is 17.4 Å². The van der Waals surface area contributed by atoms with Crippen LogP contribution in [0.15, 0.2) is 36.4 Å². The molecule has 0 saturated heterocycles. The summed E-state index contributed by atoms with van der Waals surface area (Å²) in [6, 6.07) is 11.9. The maximum Gasteiger partial charge on any atom is 0.224 e. The van der Waals surface area contributed by atoms with Gasteiger partial charge in [0.2, 0.25) is 5.28 Å². The van der Waals surface area contributed by atoms with Crippen LogP contribution >= 0.6 is 11.6 Å². The van der Waals surface area contributed by atoms with Crippen molar-refractivity contribution in [2.45, 2.75) is 26.2 Å². The lowest BCUT2D eigenvalue weighted by molar-refractivity contribution is 0.742. The SMILES string of the molecule is CCCCCNc1cc(-c2ccccc2)nc(Cl)n1. The van der Waals surface area contributed by atoms with Gasteiger partial charge in [0.25, 0.3) is 0 Å². The van der Waals surface area contributed by atoms with E-state index in [1.807, 2.05) is 36.4 Å². The summed E-state index contributed by atoms with van der Waals surface area (Å²) in [4.78, 5) is 8.46. The largest absolute Gasteiger partial charge is 0.370 e. The Bertz CT molecular complexity index is 514. The molecule has 0 aliphatic heterocycles. The summed E-state index contributed by atoms with van der Waals surface area (Å²) in [5, 5.41) is 3.57. The molecule has 2 aromatic rings. The molecule has 0 amide bonds. The van der Waals surface area contributed by atoms with Crippen LogP contribution in [0, 0.1) is 0 Å². The van der Waals surface area contributed by atoms with Gasteiger partial charge in [-0.2, -0.15) is 0 Å². The van der Waals surface area contributed by atoms with Crippen LogP contribution < -0.4 is 5.32 Å². The van der Waals surface area contributed by atoms with Crippen molar-refractivity contribution in [3.8, 4) is 11.3 Å². The van der Waals surface area contributed by atoms with Crippen molar-refractivity contribution in [3.05, 3.63) is 41.7 Å². The average molecular weight is 276 g/mol. The lowest BCUT2D eigenvalue weighted by Crippen LogP contribution is -2.04. The molecule has 0 fully saturated rings. The topological polar surface area (TPSA) is 37.8 Å². The fourth-order valence-electron chi connectivity index (χ4n) is 1.86. The summed E-state index contributed by atoms with van der Waals surface area (Å²) in [6.07, 6.45) is 3.57. The molecule has 1 aromatic heterocycles. The maximum absolute atomic E-state index is 5.98. The van der Waals surface area contributed by atoms with Gasteiger partial charge in [-0.1, -0.05) is 50.1 Å². The number of anilines is 1. The Morgan fingerprint density at radius 2 is 1.89 bits per heavy atom. The van der Waals surface area contributed by atoms with Gasteiger partial charge in [-0.25, -0.2) is 9.97 Å². The van der Waals surface area contributed by atoms with Crippen LogP contribution in [0.5, 0.6) is 0 Å². The molecule has 100 valence electrons. The number of aromatic nitrogens is 2. The molecule has 2 rings (SSSR count). The third-order valence-corrected chi connectivity index (χ3v) is 3.02. The summed E-state index contributed by atoms with van der Waals surface area (Å²) >= 11 is 5.98. The van der Waals surface area contributed by atoms with Crippen LogP contribution in [0.3, 0.4) is 0 Å². The molecule has 0 aliphatic carbocycles. The highest BCUT2D eigenvalue weighted by molar-refractivity contribution is 6.28. The molecular formula is C15H18ClN3. The highest BCUT2D eigenvalue weighted by Gasteiger charge is 2.04. The maximum atomic E-state index is 5.98. The highest BCUT2D eigenvalue weighted by atomic mass is 35.5. The summed E-state index contributed by atoms with van der Waals surface area (Å²) in [5.74, 6) is 0.787. The van der Waals surface area contributed by atoms with Crippen LogP contribution in [0.1, 0.15) is 26.2 Å². The van der Waals surface area contributed by atoms with Crippen LogP contribution in [-0.4, -0.2) is 16.5 Å². The van der Waals surface area contributed by atoms with E-state index in [0.717, 1.165) is 30.0 Å². The number of nitrogens with one attached hydrogen (secondary N) is 1. The molecule has 4 heteroatoms. The molecule has 0 aliphatic rings. The van der Waals surface area contributed by atoms with Gasteiger partial charge in [0.15, 0.2) is 0 Å². The minimum atomic E-state index is 0.277. The molecule has 1 aromatic carbocycles. The van der Waals surface area contributed by atoms with E-state index in [4.69, 9.17) is 11.6 Å². The highest BCUT2D eigenvalue weighted by Crippen LogP contribution is 2.21. The fraction of sp³-hybridized carbons (Fsp3) is 0.333. The van der Waals surface area contributed by atoms with E-state index in [-0.39, 0.29) is 5.28 Å². The third kappa shape index (κ3) is 4.21. The molecule has 0 radical (unpaired) electrons. The Hall–Kier alpha value is -1.61. The Labute approximate surface area is 119 Å². The normalized spacial score (nSPS) is 10.4. The van der Waals surface area contributed by atoms with Gasteiger partial charge in [-0.3, -0.25) is 0 Å². The van der Waals surface area contributed by atoms with Crippen molar-refractivity contribution < 1.29 is 0 Å². The first-order chi connectivity index (χ1) is 9.29. The molecule has 1 N–H and O–H groups in total. The first-order valence-corrected chi connectivity index (χ1v) is 7.01. The summed E-state index contributed by atoms with van der Waals surface area (Å²) in [6.45, 7) is 3.10. The summed E-state index contributed by atoms with van der Waals surface area (Å²) in [7, 11) is 0. The van der Waals surface area contributed by atoms with Gasteiger partial charge in [-0.05, 0) is 18.0 Å². The van der Waals surface area contributed by atoms with E-state index in [9.17, 15) is 0 Å². The molecule has 0 bridgehead atoms. The van der Waals surface area contributed by atoms with Gasteiger partial charge < -0.3 is 5.32 Å². The van der Waals surface area contributed by atoms with E-state index >= 15 is 0 Å². The lowest BCUT2D eigenvalue weighted by atomic mass is 10.1. The van der Waals surface area contributed by atoms with Gasteiger partial charge in [0, 0.05) is 18.2 Å². The molecule has 19 heavy (non-hydrogen) atoms. The van der Waals surface area contributed by atoms with Crippen molar-refractivity contribution in [2.24, 2.45) is 0 Å². The number of nitrogens with zero attached hydrogens (tertiary/aromatic N) is 2. The second-order valence-corrected chi connectivity index (χ2v) is 4.75. The van der Waals surface area contributed by atoms with E-state index in [0.29, 0.717) is 0 Å². The van der Waals surface area contributed by atoms with E-state index < -0.39 is 0 Å². The standard InChI is InChI=1S/C15H18ClN3/c1-2-3-7-10-17-14-11-13(18-15(16)19-14)12-8-5-4-6-9-12/h4-6,8-9,11H,2-3,7,10H2,1H3,(H,17,18,19). The minimum Gasteiger partial charge on any atom is -0.370 e.